The quantitative estimate of drug-likeness (QED) is 0.560. The minimum atomic E-state index is -0.391. The molecule has 10 heteroatoms. The number of carbonyl (C=O) groups excluding carboxylic acids is 1. The molecule has 0 saturated heterocycles. The number of hydrogen-bond acceptors (Lipinski definition) is 6. The van der Waals surface area contributed by atoms with E-state index < -0.39 is 6.03 Å². The second-order valence-corrected chi connectivity index (χ2v) is 6.10. The Kier molecular flexibility index (Phi) is 4.43. The summed E-state index contributed by atoms with van der Waals surface area (Å²) < 4.78 is 6.92. The SMILES string of the molecule is Cc1noc(-c2ccn3c(CNC(=O)Nc4ccccc4Cl)nnc3c2)n1. The van der Waals surface area contributed by atoms with Gasteiger partial charge in [-0.3, -0.25) is 4.40 Å². The van der Waals surface area contributed by atoms with Crippen LogP contribution in [0.2, 0.25) is 5.02 Å². The van der Waals surface area contributed by atoms with Gasteiger partial charge in [-0.2, -0.15) is 4.98 Å². The van der Waals surface area contributed by atoms with Crippen molar-refractivity contribution < 1.29 is 9.32 Å². The molecule has 3 heterocycles. The van der Waals surface area contributed by atoms with E-state index in [1.54, 1.807) is 47.9 Å². The van der Waals surface area contributed by atoms with Crippen molar-refractivity contribution in [1.82, 2.24) is 30.1 Å². The number of halogens is 1. The Balaban J connectivity index is 1.46. The highest BCUT2D eigenvalue weighted by atomic mass is 35.5. The predicted octanol–water partition coefficient (Wildman–Crippen LogP) is 3.06. The lowest BCUT2D eigenvalue weighted by Crippen LogP contribution is -2.29. The van der Waals surface area contributed by atoms with Crippen LogP contribution in [0.3, 0.4) is 0 Å². The minimum absolute atomic E-state index is 0.191. The van der Waals surface area contributed by atoms with Gasteiger partial charge in [-0.25, -0.2) is 4.79 Å². The number of nitrogens with zero attached hydrogens (tertiary/aromatic N) is 5. The Morgan fingerprint density at radius 1 is 1.26 bits per heavy atom. The predicted molar refractivity (Wildman–Crippen MR) is 98.3 cm³/mol. The van der Waals surface area contributed by atoms with Gasteiger partial charge in [-0.15, -0.1) is 10.2 Å². The molecule has 3 aromatic heterocycles. The zero-order valence-corrected chi connectivity index (χ0v) is 14.9. The van der Waals surface area contributed by atoms with Crippen LogP contribution in [0.4, 0.5) is 10.5 Å². The number of para-hydroxylation sites is 1. The van der Waals surface area contributed by atoms with Crippen LogP contribution in [-0.2, 0) is 6.54 Å². The average Bonchev–Trinajstić information content (AvgIpc) is 3.27. The molecule has 2 amide bonds. The molecular weight excluding hydrogens is 370 g/mol. The highest BCUT2D eigenvalue weighted by Crippen LogP contribution is 2.20. The summed E-state index contributed by atoms with van der Waals surface area (Å²) in [6, 6.07) is 10.2. The van der Waals surface area contributed by atoms with Crippen LogP contribution >= 0.6 is 11.6 Å². The maximum atomic E-state index is 12.1. The Hall–Kier alpha value is -3.46. The standard InChI is InChI=1S/C17H14ClN7O2/c1-10-20-16(27-24-10)11-6-7-25-14(8-11)22-23-15(25)9-19-17(26)21-13-5-3-2-4-12(13)18/h2-8H,9H2,1H3,(H2,19,21,26). The number of anilines is 1. The maximum absolute atomic E-state index is 12.1. The second-order valence-electron chi connectivity index (χ2n) is 5.69. The van der Waals surface area contributed by atoms with Gasteiger partial charge >= 0.3 is 6.03 Å². The molecule has 0 saturated carbocycles. The lowest BCUT2D eigenvalue weighted by Gasteiger charge is -2.08. The Morgan fingerprint density at radius 2 is 2.11 bits per heavy atom. The van der Waals surface area contributed by atoms with E-state index >= 15 is 0 Å². The van der Waals surface area contributed by atoms with Gasteiger partial charge in [0.25, 0.3) is 5.89 Å². The topological polar surface area (TPSA) is 110 Å². The molecule has 2 N–H and O–H groups in total. The van der Waals surface area contributed by atoms with E-state index in [4.69, 9.17) is 16.1 Å². The molecule has 9 nitrogen and oxygen atoms in total. The van der Waals surface area contributed by atoms with E-state index in [2.05, 4.69) is 31.0 Å². The van der Waals surface area contributed by atoms with Gasteiger partial charge in [0, 0.05) is 11.8 Å². The summed E-state index contributed by atoms with van der Waals surface area (Å²) in [4.78, 5) is 16.3. The molecule has 0 aliphatic carbocycles. The van der Waals surface area contributed by atoms with Gasteiger partial charge in [-0.05, 0) is 31.2 Å². The smallest absolute Gasteiger partial charge is 0.319 e. The third-order valence-electron chi connectivity index (χ3n) is 3.78. The van der Waals surface area contributed by atoms with Gasteiger partial charge in [0.2, 0.25) is 0 Å². The Bertz CT molecular complexity index is 1120. The van der Waals surface area contributed by atoms with Crippen molar-refractivity contribution in [2.24, 2.45) is 0 Å². The number of benzene rings is 1. The van der Waals surface area contributed by atoms with Gasteiger partial charge < -0.3 is 15.2 Å². The summed E-state index contributed by atoms with van der Waals surface area (Å²) in [7, 11) is 0. The number of hydrogen-bond donors (Lipinski definition) is 2. The largest absolute Gasteiger partial charge is 0.334 e. The summed E-state index contributed by atoms with van der Waals surface area (Å²) in [5, 5.41) is 17.9. The second kappa shape index (κ2) is 7.04. The highest BCUT2D eigenvalue weighted by molar-refractivity contribution is 6.33. The molecular formula is C17H14ClN7O2. The molecule has 1 aromatic carbocycles. The van der Waals surface area contributed by atoms with E-state index in [0.717, 1.165) is 5.56 Å². The number of aromatic nitrogens is 5. The number of carbonyl (C=O) groups is 1. The van der Waals surface area contributed by atoms with E-state index in [1.165, 1.54) is 0 Å². The molecule has 0 atom stereocenters. The van der Waals surface area contributed by atoms with Crippen molar-refractivity contribution in [3.05, 3.63) is 59.3 Å². The molecule has 136 valence electrons. The van der Waals surface area contributed by atoms with Crippen molar-refractivity contribution in [2.45, 2.75) is 13.5 Å². The molecule has 0 fully saturated rings. The molecule has 0 unspecified atom stereocenters. The van der Waals surface area contributed by atoms with Crippen LogP contribution in [-0.4, -0.2) is 30.8 Å². The van der Waals surface area contributed by atoms with Gasteiger partial charge in [0.15, 0.2) is 17.3 Å². The Morgan fingerprint density at radius 3 is 2.89 bits per heavy atom. The normalized spacial score (nSPS) is 10.9. The number of pyridine rings is 1. The van der Waals surface area contributed by atoms with Gasteiger partial charge in [-0.1, -0.05) is 28.9 Å². The fraction of sp³-hybridized carbons (Fsp3) is 0.118. The van der Waals surface area contributed by atoms with E-state index in [1.807, 2.05) is 6.07 Å². The fourth-order valence-corrected chi connectivity index (χ4v) is 2.68. The average molecular weight is 384 g/mol. The van der Waals surface area contributed by atoms with E-state index in [-0.39, 0.29) is 6.54 Å². The van der Waals surface area contributed by atoms with E-state index in [0.29, 0.717) is 33.9 Å². The summed E-state index contributed by atoms with van der Waals surface area (Å²) in [6.07, 6.45) is 1.78. The Labute approximate surface area is 158 Å². The first kappa shape index (κ1) is 17.0. The molecule has 4 aromatic rings. The minimum Gasteiger partial charge on any atom is -0.334 e. The van der Waals surface area contributed by atoms with Gasteiger partial charge in [0.05, 0.1) is 17.3 Å². The molecule has 0 bridgehead atoms. The number of amides is 2. The van der Waals surface area contributed by atoms with Crippen molar-refractivity contribution >= 4 is 29.0 Å². The lowest BCUT2D eigenvalue weighted by atomic mass is 10.2. The van der Waals surface area contributed by atoms with Crippen LogP contribution in [0.25, 0.3) is 17.1 Å². The third kappa shape index (κ3) is 3.58. The zero-order valence-electron chi connectivity index (χ0n) is 14.2. The van der Waals surface area contributed by atoms with Crippen molar-refractivity contribution in [3.8, 4) is 11.5 Å². The first-order valence-corrected chi connectivity index (χ1v) is 8.42. The molecule has 0 aliphatic rings. The first-order valence-electron chi connectivity index (χ1n) is 8.04. The molecule has 0 spiro atoms. The maximum Gasteiger partial charge on any atom is 0.319 e. The van der Waals surface area contributed by atoms with Crippen LogP contribution < -0.4 is 10.6 Å². The monoisotopic (exact) mass is 383 g/mol. The zero-order chi connectivity index (χ0) is 18.8. The van der Waals surface area contributed by atoms with Crippen LogP contribution in [0.1, 0.15) is 11.6 Å². The van der Waals surface area contributed by atoms with Crippen LogP contribution in [0, 0.1) is 6.92 Å². The number of nitrogens with one attached hydrogen (secondary N) is 2. The molecule has 0 radical (unpaired) electrons. The van der Waals surface area contributed by atoms with Crippen LogP contribution in [0.5, 0.6) is 0 Å². The summed E-state index contributed by atoms with van der Waals surface area (Å²) >= 11 is 6.03. The molecule has 4 rings (SSSR count). The number of aryl methyl sites for hydroxylation is 1. The van der Waals surface area contributed by atoms with Crippen LogP contribution in [0.15, 0.2) is 47.1 Å². The third-order valence-corrected chi connectivity index (χ3v) is 4.11. The highest BCUT2D eigenvalue weighted by Gasteiger charge is 2.12. The summed E-state index contributed by atoms with van der Waals surface area (Å²) in [6.45, 7) is 1.94. The summed E-state index contributed by atoms with van der Waals surface area (Å²) in [5.74, 6) is 1.55. The number of rotatable bonds is 4. The van der Waals surface area contributed by atoms with E-state index in [9.17, 15) is 4.79 Å². The fourth-order valence-electron chi connectivity index (χ4n) is 2.50. The van der Waals surface area contributed by atoms with Crippen molar-refractivity contribution in [1.29, 1.82) is 0 Å². The number of urea groups is 1. The summed E-state index contributed by atoms with van der Waals surface area (Å²) in [5.41, 5.74) is 1.88. The van der Waals surface area contributed by atoms with Crippen molar-refractivity contribution in [2.75, 3.05) is 5.32 Å². The first-order chi connectivity index (χ1) is 13.1. The molecule has 27 heavy (non-hydrogen) atoms. The lowest BCUT2D eigenvalue weighted by molar-refractivity contribution is 0.251. The number of fused-ring (bicyclic) bond motifs is 1. The molecule has 0 aliphatic heterocycles. The van der Waals surface area contributed by atoms with Gasteiger partial charge in [0.1, 0.15) is 0 Å². The van der Waals surface area contributed by atoms with Crippen molar-refractivity contribution in [3.63, 3.8) is 0 Å².